The van der Waals surface area contributed by atoms with E-state index in [1.165, 1.54) is 19.5 Å². The Kier molecular flexibility index (Phi) is 3.78. The van der Waals surface area contributed by atoms with Crippen LogP contribution in [-0.2, 0) is 0 Å². The van der Waals surface area contributed by atoms with Gasteiger partial charge in [0, 0.05) is 19.1 Å². The van der Waals surface area contributed by atoms with Crippen molar-refractivity contribution in [3.05, 3.63) is 0 Å². The molecule has 13 heavy (non-hydrogen) atoms. The minimum atomic E-state index is 0.725. The molecule has 1 heteroatoms. The molecule has 1 aliphatic rings. The molecule has 0 N–H and O–H groups in total. The number of piperidine rings is 1. The van der Waals surface area contributed by atoms with Crippen LogP contribution in [0.3, 0.4) is 0 Å². The van der Waals surface area contributed by atoms with Crippen molar-refractivity contribution in [2.45, 2.75) is 47.1 Å². The lowest BCUT2D eigenvalue weighted by Crippen LogP contribution is -2.47. The van der Waals surface area contributed by atoms with Crippen molar-refractivity contribution in [2.24, 2.45) is 17.8 Å². The maximum Gasteiger partial charge on any atom is 0.00388 e. The van der Waals surface area contributed by atoms with Crippen molar-refractivity contribution in [1.29, 1.82) is 0 Å². The van der Waals surface area contributed by atoms with Crippen molar-refractivity contribution in [1.82, 2.24) is 4.90 Å². The molecule has 1 nitrogen and oxygen atoms in total. The molecule has 0 aromatic rings. The number of likely N-dealkylation sites (tertiary alicyclic amines) is 1. The van der Waals surface area contributed by atoms with E-state index in [1.807, 2.05) is 0 Å². The number of rotatable bonds is 2. The van der Waals surface area contributed by atoms with E-state index < -0.39 is 0 Å². The standard InChI is InChI=1S/C12H25N/c1-6-12-10(4)7-13(9(2)3)8-11(12)5/h9-12H,6-8H2,1-5H3/t10-,11+,12?. The molecule has 1 saturated heterocycles. The van der Waals surface area contributed by atoms with Crippen molar-refractivity contribution in [3.63, 3.8) is 0 Å². The first kappa shape index (κ1) is 11.0. The molecule has 1 heterocycles. The summed E-state index contributed by atoms with van der Waals surface area (Å²) in [5.74, 6) is 2.72. The fourth-order valence-corrected chi connectivity index (χ4v) is 2.87. The van der Waals surface area contributed by atoms with Gasteiger partial charge in [-0.3, -0.25) is 0 Å². The van der Waals surface area contributed by atoms with E-state index in [1.54, 1.807) is 0 Å². The van der Waals surface area contributed by atoms with Gasteiger partial charge in [0.2, 0.25) is 0 Å². The van der Waals surface area contributed by atoms with Gasteiger partial charge in [0.05, 0.1) is 0 Å². The molecule has 0 aliphatic carbocycles. The lowest BCUT2D eigenvalue weighted by molar-refractivity contribution is 0.0551. The quantitative estimate of drug-likeness (QED) is 0.636. The minimum Gasteiger partial charge on any atom is -0.300 e. The van der Waals surface area contributed by atoms with Crippen LogP contribution in [-0.4, -0.2) is 24.0 Å². The highest BCUT2D eigenvalue weighted by Crippen LogP contribution is 2.31. The van der Waals surface area contributed by atoms with Crippen molar-refractivity contribution in [3.8, 4) is 0 Å². The Bertz CT molecular complexity index is 141. The van der Waals surface area contributed by atoms with Crippen LogP contribution in [0, 0.1) is 17.8 Å². The van der Waals surface area contributed by atoms with E-state index in [2.05, 4.69) is 39.5 Å². The third-order valence-electron chi connectivity index (χ3n) is 3.71. The first-order valence-corrected chi connectivity index (χ1v) is 5.80. The van der Waals surface area contributed by atoms with Crippen molar-refractivity contribution < 1.29 is 0 Å². The fourth-order valence-electron chi connectivity index (χ4n) is 2.87. The third-order valence-corrected chi connectivity index (χ3v) is 3.71. The molecule has 1 unspecified atom stereocenters. The molecule has 1 aliphatic heterocycles. The fraction of sp³-hybridized carbons (Fsp3) is 1.00. The molecule has 0 aromatic carbocycles. The Morgan fingerprint density at radius 2 is 1.62 bits per heavy atom. The zero-order chi connectivity index (χ0) is 10.0. The van der Waals surface area contributed by atoms with Gasteiger partial charge in [-0.1, -0.05) is 27.2 Å². The van der Waals surface area contributed by atoms with E-state index in [0.717, 1.165) is 23.8 Å². The Hall–Kier alpha value is -0.0400. The lowest BCUT2D eigenvalue weighted by atomic mass is 9.77. The van der Waals surface area contributed by atoms with Gasteiger partial charge in [0.15, 0.2) is 0 Å². The van der Waals surface area contributed by atoms with E-state index in [-0.39, 0.29) is 0 Å². The monoisotopic (exact) mass is 183 g/mol. The second kappa shape index (κ2) is 4.45. The van der Waals surface area contributed by atoms with Gasteiger partial charge < -0.3 is 4.90 Å². The molecular formula is C12H25N. The van der Waals surface area contributed by atoms with Crippen LogP contribution in [0.5, 0.6) is 0 Å². The highest BCUT2D eigenvalue weighted by atomic mass is 15.2. The summed E-state index contributed by atoms with van der Waals surface area (Å²) in [7, 11) is 0. The summed E-state index contributed by atoms with van der Waals surface area (Å²) in [6, 6.07) is 0.725. The summed E-state index contributed by atoms with van der Waals surface area (Å²) in [4.78, 5) is 2.63. The Morgan fingerprint density at radius 3 is 1.92 bits per heavy atom. The minimum absolute atomic E-state index is 0.725. The zero-order valence-electron chi connectivity index (χ0n) is 9.88. The van der Waals surface area contributed by atoms with Crippen LogP contribution < -0.4 is 0 Å². The molecular weight excluding hydrogens is 158 g/mol. The van der Waals surface area contributed by atoms with Gasteiger partial charge in [-0.15, -0.1) is 0 Å². The highest BCUT2D eigenvalue weighted by Gasteiger charge is 2.31. The van der Waals surface area contributed by atoms with Crippen LogP contribution in [0.15, 0.2) is 0 Å². The largest absolute Gasteiger partial charge is 0.300 e. The zero-order valence-corrected chi connectivity index (χ0v) is 9.88. The number of nitrogens with zero attached hydrogens (tertiary/aromatic N) is 1. The molecule has 0 aromatic heterocycles. The van der Waals surface area contributed by atoms with Crippen LogP contribution in [0.25, 0.3) is 0 Å². The second-order valence-electron chi connectivity index (χ2n) is 5.07. The maximum atomic E-state index is 2.63. The van der Waals surface area contributed by atoms with E-state index >= 15 is 0 Å². The van der Waals surface area contributed by atoms with Crippen LogP contribution >= 0.6 is 0 Å². The first-order valence-electron chi connectivity index (χ1n) is 5.80. The molecule has 1 fully saturated rings. The van der Waals surface area contributed by atoms with Gasteiger partial charge >= 0.3 is 0 Å². The molecule has 0 radical (unpaired) electrons. The Balaban J connectivity index is 2.56. The van der Waals surface area contributed by atoms with Crippen molar-refractivity contribution in [2.75, 3.05) is 13.1 Å². The van der Waals surface area contributed by atoms with E-state index in [9.17, 15) is 0 Å². The normalized spacial score (nSPS) is 36.9. The van der Waals surface area contributed by atoms with E-state index in [4.69, 9.17) is 0 Å². The van der Waals surface area contributed by atoms with Crippen molar-refractivity contribution >= 4 is 0 Å². The topological polar surface area (TPSA) is 3.24 Å². The SMILES string of the molecule is CCC1[C@H](C)CN(C(C)C)C[C@@H]1C. The van der Waals surface area contributed by atoms with Gasteiger partial charge in [-0.05, 0) is 31.6 Å². The van der Waals surface area contributed by atoms with Gasteiger partial charge in [0.1, 0.15) is 0 Å². The molecule has 0 saturated carbocycles. The summed E-state index contributed by atoms with van der Waals surface area (Å²) < 4.78 is 0. The predicted molar refractivity (Wildman–Crippen MR) is 58.8 cm³/mol. The van der Waals surface area contributed by atoms with Crippen LogP contribution in [0.4, 0.5) is 0 Å². The van der Waals surface area contributed by atoms with Gasteiger partial charge in [-0.2, -0.15) is 0 Å². The van der Waals surface area contributed by atoms with Gasteiger partial charge in [0.25, 0.3) is 0 Å². The molecule has 1 rings (SSSR count). The van der Waals surface area contributed by atoms with Crippen LogP contribution in [0.1, 0.15) is 41.0 Å². The lowest BCUT2D eigenvalue weighted by Gasteiger charge is -2.43. The third kappa shape index (κ3) is 2.46. The molecule has 0 amide bonds. The summed E-state index contributed by atoms with van der Waals surface area (Å²) in [6.45, 7) is 14.4. The second-order valence-corrected chi connectivity index (χ2v) is 5.07. The molecule has 78 valence electrons. The smallest absolute Gasteiger partial charge is 0.00388 e. The summed E-state index contributed by atoms with van der Waals surface area (Å²) >= 11 is 0. The average Bonchev–Trinajstić information content (AvgIpc) is 2.03. The number of hydrogen-bond donors (Lipinski definition) is 0. The highest BCUT2D eigenvalue weighted by molar-refractivity contribution is 4.83. The summed E-state index contributed by atoms with van der Waals surface area (Å²) in [6.07, 6.45) is 1.36. The van der Waals surface area contributed by atoms with Crippen LogP contribution in [0.2, 0.25) is 0 Å². The number of hydrogen-bond acceptors (Lipinski definition) is 1. The molecule has 0 bridgehead atoms. The Labute approximate surface area is 83.5 Å². The summed E-state index contributed by atoms with van der Waals surface area (Å²) in [5.41, 5.74) is 0. The maximum absolute atomic E-state index is 2.63. The van der Waals surface area contributed by atoms with Gasteiger partial charge in [-0.25, -0.2) is 0 Å². The first-order chi connectivity index (χ1) is 6.06. The Morgan fingerprint density at radius 1 is 1.15 bits per heavy atom. The molecule has 0 spiro atoms. The summed E-state index contributed by atoms with van der Waals surface area (Å²) in [5, 5.41) is 0. The van der Waals surface area contributed by atoms with E-state index in [0.29, 0.717) is 0 Å². The predicted octanol–water partition coefficient (Wildman–Crippen LogP) is 3.01. The average molecular weight is 183 g/mol. The molecule has 3 atom stereocenters.